The largest absolute Gasteiger partial charge is 0.416 e. The third-order valence-electron chi connectivity index (χ3n) is 6.86. The average molecular weight is 514 g/mol. The van der Waals surface area contributed by atoms with Gasteiger partial charge in [-0.25, -0.2) is 0 Å². The molecule has 2 heterocycles. The van der Waals surface area contributed by atoms with Crippen LogP contribution in [0.5, 0.6) is 0 Å². The molecular weight excluding hydrogens is 487 g/mol. The molecule has 2 fully saturated rings. The van der Waals surface area contributed by atoms with Crippen molar-refractivity contribution in [3.05, 3.63) is 83.4 Å². The van der Waals surface area contributed by atoms with Gasteiger partial charge < -0.3 is 10.2 Å². The second-order valence-corrected chi connectivity index (χ2v) is 10.7. The fraction of sp³-hybridized carbons (Fsp3) is 0.333. The minimum absolute atomic E-state index is 0.00832. The van der Waals surface area contributed by atoms with E-state index < -0.39 is 17.8 Å². The Morgan fingerprint density at radius 3 is 2.50 bits per heavy atom. The number of likely N-dealkylation sites (tertiary alicyclic amines) is 1. The molecule has 1 unspecified atom stereocenters. The number of carbonyl (C=O) groups excluding carboxylic acids is 2. The zero-order valence-electron chi connectivity index (χ0n) is 19.5. The van der Waals surface area contributed by atoms with E-state index in [2.05, 4.69) is 10.6 Å². The standard InChI is InChI=1S/C27H26F3N3O2S/c28-27(29,30)22-7-3-4-18(14-22)16-31-24(34)23-17-36-26(32-23)10-12-33(13-11-26)25(35)21-9-8-19-5-1-2-6-20(19)15-21/h1-9,14-15,23,32H,10-13,16-17H2,(H,31,34). The summed E-state index contributed by atoms with van der Waals surface area (Å²) in [6.07, 6.45) is -2.98. The Balaban J connectivity index is 1.14. The molecule has 0 aromatic heterocycles. The number of fused-ring (bicyclic) bond motifs is 1. The van der Waals surface area contributed by atoms with E-state index in [0.717, 1.165) is 22.9 Å². The lowest BCUT2D eigenvalue weighted by molar-refractivity contribution is -0.137. The van der Waals surface area contributed by atoms with E-state index >= 15 is 0 Å². The fourth-order valence-electron chi connectivity index (χ4n) is 4.82. The molecule has 1 spiro atoms. The van der Waals surface area contributed by atoms with Gasteiger partial charge >= 0.3 is 6.18 Å². The van der Waals surface area contributed by atoms with Crippen molar-refractivity contribution in [1.82, 2.24) is 15.5 Å². The lowest BCUT2D eigenvalue weighted by Crippen LogP contribution is -2.54. The molecule has 3 aromatic carbocycles. The fourth-order valence-corrected chi connectivity index (χ4v) is 6.24. The van der Waals surface area contributed by atoms with Gasteiger partial charge in [0.05, 0.1) is 16.5 Å². The van der Waals surface area contributed by atoms with Crippen molar-refractivity contribution in [3.63, 3.8) is 0 Å². The minimum atomic E-state index is -4.42. The Kier molecular flexibility index (Phi) is 6.70. The summed E-state index contributed by atoms with van der Waals surface area (Å²) in [5.74, 6) is 0.355. The summed E-state index contributed by atoms with van der Waals surface area (Å²) < 4.78 is 38.8. The van der Waals surface area contributed by atoms with Crippen LogP contribution in [0.25, 0.3) is 10.8 Å². The maximum absolute atomic E-state index is 13.1. The number of nitrogens with one attached hydrogen (secondary N) is 2. The zero-order chi connectivity index (χ0) is 25.3. The monoisotopic (exact) mass is 513 g/mol. The molecule has 2 amide bonds. The number of piperidine rings is 1. The second-order valence-electron chi connectivity index (χ2n) is 9.27. The maximum Gasteiger partial charge on any atom is 0.416 e. The van der Waals surface area contributed by atoms with Crippen LogP contribution in [0.3, 0.4) is 0 Å². The second kappa shape index (κ2) is 9.78. The highest BCUT2D eigenvalue weighted by Gasteiger charge is 2.44. The van der Waals surface area contributed by atoms with Crippen LogP contribution in [-0.4, -0.2) is 46.5 Å². The number of benzene rings is 3. The van der Waals surface area contributed by atoms with Gasteiger partial charge in [-0.05, 0) is 53.4 Å². The van der Waals surface area contributed by atoms with Crippen LogP contribution in [0.4, 0.5) is 13.2 Å². The normalized spacial score (nSPS) is 19.5. The van der Waals surface area contributed by atoms with E-state index in [-0.39, 0.29) is 23.2 Å². The number of hydrogen-bond acceptors (Lipinski definition) is 4. The third-order valence-corrected chi connectivity index (χ3v) is 8.43. The van der Waals surface area contributed by atoms with E-state index in [4.69, 9.17) is 0 Å². The Morgan fingerprint density at radius 1 is 1.00 bits per heavy atom. The van der Waals surface area contributed by atoms with E-state index in [1.165, 1.54) is 6.07 Å². The molecule has 0 radical (unpaired) electrons. The molecule has 2 aliphatic heterocycles. The molecule has 5 nitrogen and oxygen atoms in total. The molecule has 1 atom stereocenters. The summed E-state index contributed by atoms with van der Waals surface area (Å²) in [6, 6.07) is 18.2. The van der Waals surface area contributed by atoms with Gasteiger partial charge in [0.25, 0.3) is 5.91 Å². The highest BCUT2D eigenvalue weighted by molar-refractivity contribution is 8.01. The quantitative estimate of drug-likeness (QED) is 0.526. The number of nitrogens with zero attached hydrogens (tertiary/aromatic N) is 1. The van der Waals surface area contributed by atoms with Gasteiger partial charge in [-0.2, -0.15) is 13.2 Å². The molecule has 36 heavy (non-hydrogen) atoms. The summed E-state index contributed by atoms with van der Waals surface area (Å²) >= 11 is 1.68. The molecule has 0 saturated carbocycles. The van der Waals surface area contributed by atoms with Crippen molar-refractivity contribution in [2.24, 2.45) is 0 Å². The van der Waals surface area contributed by atoms with Gasteiger partial charge in [-0.1, -0.05) is 42.5 Å². The molecule has 5 rings (SSSR count). The molecule has 2 aliphatic rings. The number of thioether (sulfide) groups is 1. The van der Waals surface area contributed by atoms with Gasteiger partial charge in [-0.3, -0.25) is 14.9 Å². The number of rotatable bonds is 4. The van der Waals surface area contributed by atoms with Gasteiger partial charge in [-0.15, -0.1) is 11.8 Å². The van der Waals surface area contributed by atoms with Crippen LogP contribution in [-0.2, 0) is 17.5 Å². The predicted octanol–water partition coefficient (Wildman–Crippen LogP) is 4.81. The SMILES string of the molecule is O=C(NCc1cccc(C(F)(F)F)c1)C1CSC2(CCN(C(=O)c3ccc4ccccc4c3)CC2)N1. The van der Waals surface area contributed by atoms with Crippen LogP contribution < -0.4 is 10.6 Å². The Hall–Kier alpha value is -3.04. The lowest BCUT2D eigenvalue weighted by atomic mass is 10.0. The van der Waals surface area contributed by atoms with E-state index in [0.29, 0.717) is 42.8 Å². The van der Waals surface area contributed by atoms with Crippen LogP contribution in [0.2, 0.25) is 0 Å². The molecule has 0 aliphatic carbocycles. The first kappa shape index (κ1) is 24.6. The summed E-state index contributed by atoms with van der Waals surface area (Å²) in [5, 5.41) is 8.32. The topological polar surface area (TPSA) is 61.4 Å². The van der Waals surface area contributed by atoms with E-state index in [1.807, 2.05) is 47.4 Å². The zero-order valence-corrected chi connectivity index (χ0v) is 20.3. The molecule has 2 N–H and O–H groups in total. The first-order chi connectivity index (χ1) is 17.2. The van der Waals surface area contributed by atoms with Gasteiger partial charge in [0.15, 0.2) is 0 Å². The molecular formula is C27H26F3N3O2S. The molecule has 9 heteroatoms. The predicted molar refractivity (Wildman–Crippen MR) is 134 cm³/mol. The molecule has 3 aromatic rings. The van der Waals surface area contributed by atoms with Gasteiger partial charge in [0.2, 0.25) is 5.91 Å². The van der Waals surface area contributed by atoms with Crippen molar-refractivity contribution in [2.75, 3.05) is 18.8 Å². The number of alkyl halides is 3. The first-order valence-electron chi connectivity index (χ1n) is 11.9. The Labute approximate surface area is 211 Å². The van der Waals surface area contributed by atoms with E-state index in [9.17, 15) is 22.8 Å². The molecule has 2 saturated heterocycles. The molecule has 0 bridgehead atoms. The highest BCUT2D eigenvalue weighted by atomic mass is 32.2. The number of hydrogen-bond donors (Lipinski definition) is 2. The molecule has 188 valence electrons. The summed E-state index contributed by atoms with van der Waals surface area (Å²) in [4.78, 5) is 27.4. The van der Waals surface area contributed by atoms with Crippen molar-refractivity contribution in [3.8, 4) is 0 Å². The average Bonchev–Trinajstić information content (AvgIpc) is 3.30. The third kappa shape index (κ3) is 5.22. The lowest BCUT2D eigenvalue weighted by Gasteiger charge is -2.39. The van der Waals surface area contributed by atoms with E-state index in [1.54, 1.807) is 17.8 Å². The maximum atomic E-state index is 13.1. The van der Waals surface area contributed by atoms with Crippen molar-refractivity contribution in [1.29, 1.82) is 0 Å². The Bertz CT molecular complexity index is 1290. The summed E-state index contributed by atoms with van der Waals surface area (Å²) in [7, 11) is 0. The minimum Gasteiger partial charge on any atom is -0.351 e. The Morgan fingerprint density at radius 2 is 1.75 bits per heavy atom. The number of carbonyl (C=O) groups is 2. The number of halogens is 3. The summed E-state index contributed by atoms with van der Waals surface area (Å²) in [6.45, 7) is 1.21. The first-order valence-corrected chi connectivity index (χ1v) is 12.8. The van der Waals surface area contributed by atoms with Gasteiger partial charge in [0.1, 0.15) is 0 Å². The van der Waals surface area contributed by atoms with Crippen LogP contribution in [0.1, 0.15) is 34.3 Å². The van der Waals surface area contributed by atoms with Gasteiger partial charge in [0, 0.05) is 31.0 Å². The van der Waals surface area contributed by atoms with Crippen molar-refractivity contribution >= 4 is 34.3 Å². The van der Waals surface area contributed by atoms with Crippen LogP contribution >= 0.6 is 11.8 Å². The van der Waals surface area contributed by atoms with Crippen molar-refractivity contribution in [2.45, 2.75) is 36.5 Å². The smallest absolute Gasteiger partial charge is 0.351 e. The number of amides is 2. The van der Waals surface area contributed by atoms with Crippen molar-refractivity contribution < 1.29 is 22.8 Å². The summed E-state index contributed by atoms with van der Waals surface area (Å²) in [5.41, 5.74) is 0.343. The van der Waals surface area contributed by atoms with Crippen LogP contribution in [0.15, 0.2) is 66.7 Å². The highest BCUT2D eigenvalue weighted by Crippen LogP contribution is 2.39. The van der Waals surface area contributed by atoms with Crippen LogP contribution in [0, 0.1) is 0 Å².